The maximum absolute atomic E-state index is 12.1. The monoisotopic (exact) mass is 300 g/mol. The number of nitrogens with two attached hydrogens (primary N) is 2. The van der Waals surface area contributed by atoms with E-state index in [0.717, 1.165) is 5.56 Å². The number of carbonyl (C=O) groups excluding carboxylic acids is 2. The number of hydroxylamine groups is 1. The van der Waals surface area contributed by atoms with Gasteiger partial charge in [-0.05, 0) is 23.6 Å². The number of rotatable bonds is 3. The number of hydrazine groups is 2. The first-order valence-corrected chi connectivity index (χ1v) is 6.27. The second-order valence-corrected chi connectivity index (χ2v) is 4.90. The Bertz CT molecular complexity index is 478. The highest BCUT2D eigenvalue weighted by Gasteiger charge is 2.28. The standard InChI is InChI=1S/C12H17ClN4O3/c1-7(2)10(8-3-5-9(13)6-4-8)11(18)20-17(15)12(19)16-14/h3-7,10H,14-15H2,1-2H3,(H,16,19). The fraction of sp³-hybridized carbons (Fsp3) is 0.333. The molecule has 0 aliphatic carbocycles. The van der Waals surface area contributed by atoms with Crippen LogP contribution in [0.25, 0.3) is 0 Å². The molecule has 7 nitrogen and oxygen atoms in total. The zero-order valence-corrected chi connectivity index (χ0v) is 11.9. The Kier molecular flexibility index (Phi) is 5.75. The Morgan fingerprint density at radius 3 is 2.30 bits per heavy atom. The van der Waals surface area contributed by atoms with Crippen LogP contribution in [-0.2, 0) is 9.63 Å². The van der Waals surface area contributed by atoms with E-state index in [-0.39, 0.29) is 11.1 Å². The predicted octanol–water partition coefficient (Wildman–Crippen LogP) is 1.30. The molecule has 0 spiro atoms. The van der Waals surface area contributed by atoms with Gasteiger partial charge in [0, 0.05) is 5.02 Å². The lowest BCUT2D eigenvalue weighted by atomic mass is 9.89. The molecular weight excluding hydrogens is 284 g/mol. The summed E-state index contributed by atoms with van der Waals surface area (Å²) in [5.41, 5.74) is 2.47. The number of halogens is 1. The highest BCUT2D eigenvalue weighted by molar-refractivity contribution is 6.30. The molecule has 0 radical (unpaired) electrons. The van der Waals surface area contributed by atoms with Gasteiger partial charge >= 0.3 is 12.0 Å². The van der Waals surface area contributed by atoms with E-state index >= 15 is 0 Å². The Labute approximate surface area is 121 Å². The van der Waals surface area contributed by atoms with E-state index in [1.54, 1.807) is 29.7 Å². The van der Waals surface area contributed by atoms with Crippen LogP contribution in [0.15, 0.2) is 24.3 Å². The van der Waals surface area contributed by atoms with Crippen LogP contribution in [0.3, 0.4) is 0 Å². The van der Waals surface area contributed by atoms with Gasteiger partial charge in [0.15, 0.2) is 0 Å². The lowest BCUT2D eigenvalue weighted by Crippen LogP contribution is -2.48. The lowest BCUT2D eigenvalue weighted by Gasteiger charge is -2.22. The highest BCUT2D eigenvalue weighted by atomic mass is 35.5. The Morgan fingerprint density at radius 1 is 1.30 bits per heavy atom. The third-order valence-corrected chi connectivity index (χ3v) is 2.91. The number of hydrogen-bond donors (Lipinski definition) is 3. The van der Waals surface area contributed by atoms with E-state index in [1.807, 2.05) is 13.8 Å². The highest BCUT2D eigenvalue weighted by Crippen LogP contribution is 2.27. The van der Waals surface area contributed by atoms with Gasteiger partial charge < -0.3 is 4.84 Å². The summed E-state index contributed by atoms with van der Waals surface area (Å²) in [5.74, 6) is 8.84. The molecule has 0 aliphatic heterocycles. The van der Waals surface area contributed by atoms with E-state index in [0.29, 0.717) is 5.02 Å². The molecule has 0 saturated heterocycles. The molecule has 0 aromatic heterocycles. The van der Waals surface area contributed by atoms with E-state index in [2.05, 4.69) is 0 Å². The largest absolute Gasteiger partial charge is 0.380 e. The fourth-order valence-electron chi connectivity index (χ4n) is 1.72. The summed E-state index contributed by atoms with van der Waals surface area (Å²) >= 11 is 5.81. The minimum absolute atomic E-state index is 0.0574. The van der Waals surface area contributed by atoms with Crippen molar-refractivity contribution in [2.75, 3.05) is 0 Å². The summed E-state index contributed by atoms with van der Waals surface area (Å²) in [7, 11) is 0. The molecule has 1 aromatic rings. The Morgan fingerprint density at radius 2 is 1.85 bits per heavy atom. The van der Waals surface area contributed by atoms with Crippen molar-refractivity contribution in [3.63, 3.8) is 0 Å². The molecule has 0 heterocycles. The maximum Gasteiger partial charge on any atom is 0.380 e. The molecule has 1 rings (SSSR count). The quantitative estimate of drug-likeness (QED) is 0.442. The molecule has 0 fully saturated rings. The molecule has 2 amide bonds. The minimum atomic E-state index is -0.933. The summed E-state index contributed by atoms with van der Waals surface area (Å²) < 4.78 is 0. The second-order valence-electron chi connectivity index (χ2n) is 4.46. The van der Waals surface area contributed by atoms with Crippen LogP contribution in [0.1, 0.15) is 25.3 Å². The maximum atomic E-state index is 12.1. The van der Waals surface area contributed by atoms with Crippen molar-refractivity contribution in [2.24, 2.45) is 17.6 Å². The fourth-order valence-corrected chi connectivity index (χ4v) is 1.85. The van der Waals surface area contributed by atoms with Crippen LogP contribution >= 0.6 is 11.6 Å². The van der Waals surface area contributed by atoms with Gasteiger partial charge in [0.2, 0.25) is 0 Å². The zero-order chi connectivity index (χ0) is 15.3. The first-order valence-electron chi connectivity index (χ1n) is 5.89. The van der Waals surface area contributed by atoms with Crippen LogP contribution in [-0.4, -0.2) is 17.2 Å². The van der Waals surface area contributed by atoms with Crippen molar-refractivity contribution in [3.8, 4) is 0 Å². The van der Waals surface area contributed by atoms with Gasteiger partial charge in [-0.15, -0.1) is 0 Å². The minimum Gasteiger partial charge on any atom is -0.320 e. The first kappa shape index (κ1) is 16.2. The molecule has 0 saturated carbocycles. The second kappa shape index (κ2) is 7.09. The number of carbonyl (C=O) groups is 2. The molecule has 20 heavy (non-hydrogen) atoms. The molecule has 5 N–H and O–H groups in total. The number of amides is 2. The molecule has 8 heteroatoms. The van der Waals surface area contributed by atoms with Gasteiger partial charge in [0.05, 0.1) is 5.92 Å². The average Bonchev–Trinajstić information content (AvgIpc) is 2.39. The van der Waals surface area contributed by atoms with Gasteiger partial charge in [-0.3, -0.25) is 5.43 Å². The van der Waals surface area contributed by atoms with Crippen molar-refractivity contribution in [2.45, 2.75) is 19.8 Å². The van der Waals surface area contributed by atoms with Crippen LogP contribution in [0.2, 0.25) is 5.02 Å². The summed E-state index contributed by atoms with van der Waals surface area (Å²) in [4.78, 5) is 28.0. The molecule has 0 aliphatic rings. The third kappa shape index (κ3) is 4.09. The van der Waals surface area contributed by atoms with Crippen molar-refractivity contribution in [1.82, 2.24) is 10.6 Å². The summed E-state index contributed by atoms with van der Waals surface area (Å²) in [6.07, 6.45) is 0. The van der Waals surface area contributed by atoms with E-state index in [4.69, 9.17) is 28.1 Å². The number of benzene rings is 1. The first-order chi connectivity index (χ1) is 9.36. The summed E-state index contributed by atoms with van der Waals surface area (Å²) in [6, 6.07) is 5.85. The smallest absolute Gasteiger partial charge is 0.320 e. The van der Waals surface area contributed by atoms with Gasteiger partial charge in [0.1, 0.15) is 0 Å². The summed E-state index contributed by atoms with van der Waals surface area (Å²) in [6.45, 7) is 3.70. The summed E-state index contributed by atoms with van der Waals surface area (Å²) in [5, 5.41) is 0.820. The van der Waals surface area contributed by atoms with Gasteiger partial charge in [-0.1, -0.05) is 42.8 Å². The molecule has 1 aromatic carbocycles. The van der Waals surface area contributed by atoms with Gasteiger partial charge in [0.25, 0.3) is 0 Å². The topological polar surface area (TPSA) is 111 Å². The molecule has 110 valence electrons. The normalized spacial score (nSPS) is 11.9. The number of urea groups is 1. The van der Waals surface area contributed by atoms with Crippen molar-refractivity contribution in [1.29, 1.82) is 0 Å². The van der Waals surface area contributed by atoms with Crippen molar-refractivity contribution >= 4 is 23.6 Å². The van der Waals surface area contributed by atoms with Crippen LogP contribution in [0, 0.1) is 5.92 Å². The van der Waals surface area contributed by atoms with E-state index in [9.17, 15) is 9.59 Å². The van der Waals surface area contributed by atoms with Crippen molar-refractivity contribution < 1.29 is 14.4 Å². The average molecular weight is 301 g/mol. The SMILES string of the molecule is CC(C)C(C(=O)ON(N)C(=O)NN)c1ccc(Cl)cc1. The molecular formula is C12H17ClN4O3. The van der Waals surface area contributed by atoms with Crippen molar-refractivity contribution in [3.05, 3.63) is 34.9 Å². The molecule has 1 atom stereocenters. The van der Waals surface area contributed by atoms with Crippen LogP contribution in [0.4, 0.5) is 4.79 Å². The zero-order valence-electron chi connectivity index (χ0n) is 11.2. The van der Waals surface area contributed by atoms with E-state index < -0.39 is 17.9 Å². The number of hydrogen-bond acceptors (Lipinski definition) is 5. The van der Waals surface area contributed by atoms with Gasteiger partial charge in [-0.2, -0.15) is 0 Å². The Balaban J connectivity index is 2.88. The third-order valence-electron chi connectivity index (χ3n) is 2.66. The Hall–Kier alpha value is -1.83. The lowest BCUT2D eigenvalue weighted by molar-refractivity contribution is -0.180. The van der Waals surface area contributed by atoms with E-state index in [1.165, 1.54) is 0 Å². The predicted molar refractivity (Wildman–Crippen MR) is 73.9 cm³/mol. The van der Waals surface area contributed by atoms with Crippen LogP contribution in [0.5, 0.6) is 0 Å². The van der Waals surface area contributed by atoms with Gasteiger partial charge in [-0.25, -0.2) is 21.3 Å². The molecule has 0 bridgehead atoms. The molecule has 1 unspecified atom stereocenters. The van der Waals surface area contributed by atoms with Crippen LogP contribution < -0.4 is 17.1 Å². The number of nitrogens with one attached hydrogen (secondary N) is 1. The number of nitrogens with zero attached hydrogens (tertiary/aromatic N) is 1.